The summed E-state index contributed by atoms with van der Waals surface area (Å²) in [5.41, 5.74) is 7.34. The number of hydrogen-bond donors (Lipinski definition) is 1. The Morgan fingerprint density at radius 1 is 1.62 bits per heavy atom. The second-order valence-electron chi connectivity index (χ2n) is 2.98. The fraction of sp³-hybridized carbons (Fsp3) is 0.300. The highest BCUT2D eigenvalue weighted by atomic mass is 79.9. The van der Waals surface area contributed by atoms with E-state index in [9.17, 15) is 0 Å². The molecule has 1 unspecified atom stereocenters. The van der Waals surface area contributed by atoms with E-state index in [0.29, 0.717) is 12.1 Å². The van der Waals surface area contributed by atoms with E-state index in [2.05, 4.69) is 22.0 Å². The topological polar surface area (TPSA) is 49.8 Å². The fourth-order valence-corrected chi connectivity index (χ4v) is 1.76. The van der Waals surface area contributed by atoms with E-state index in [1.807, 2.05) is 19.1 Å². The normalized spacial score (nSPS) is 12.2. The molecule has 13 heavy (non-hydrogen) atoms. The molecule has 0 aliphatic carbocycles. The minimum atomic E-state index is 0.280. The summed E-state index contributed by atoms with van der Waals surface area (Å²) in [6.45, 7) is 2.63. The molecule has 2 nitrogen and oxygen atoms in total. The van der Waals surface area contributed by atoms with Gasteiger partial charge >= 0.3 is 0 Å². The van der Waals surface area contributed by atoms with E-state index in [1.54, 1.807) is 6.07 Å². The summed E-state index contributed by atoms with van der Waals surface area (Å²) in [6.07, 6.45) is 0. The molecule has 0 saturated carbocycles. The van der Waals surface area contributed by atoms with E-state index >= 15 is 0 Å². The molecule has 2 N–H and O–H groups in total. The predicted octanol–water partition coefficient (Wildman–Crippen LogP) is 2.38. The van der Waals surface area contributed by atoms with Gasteiger partial charge in [-0.05, 0) is 36.2 Å². The highest BCUT2D eigenvalue weighted by molar-refractivity contribution is 9.10. The third kappa shape index (κ3) is 2.30. The van der Waals surface area contributed by atoms with Gasteiger partial charge in [-0.25, -0.2) is 0 Å². The highest BCUT2D eigenvalue weighted by Crippen LogP contribution is 2.25. The highest BCUT2D eigenvalue weighted by Gasteiger charge is 2.08. The monoisotopic (exact) mass is 238 g/mol. The Morgan fingerprint density at radius 2 is 2.31 bits per heavy atom. The summed E-state index contributed by atoms with van der Waals surface area (Å²) in [4.78, 5) is 0. The van der Waals surface area contributed by atoms with Crippen LogP contribution in [0.2, 0.25) is 0 Å². The van der Waals surface area contributed by atoms with Crippen LogP contribution in [0.15, 0.2) is 22.7 Å². The molecule has 0 aromatic heterocycles. The lowest BCUT2D eigenvalue weighted by Crippen LogP contribution is -2.09. The molecule has 0 bridgehead atoms. The summed E-state index contributed by atoms with van der Waals surface area (Å²) in [5, 5.41) is 8.71. The Labute approximate surface area is 86.5 Å². The van der Waals surface area contributed by atoms with Gasteiger partial charge in [0.15, 0.2) is 0 Å². The van der Waals surface area contributed by atoms with Gasteiger partial charge in [-0.1, -0.05) is 22.9 Å². The van der Waals surface area contributed by atoms with Gasteiger partial charge in [0, 0.05) is 4.47 Å². The quantitative estimate of drug-likeness (QED) is 0.861. The molecule has 68 valence electrons. The lowest BCUT2D eigenvalue weighted by Gasteiger charge is -2.11. The first-order valence-electron chi connectivity index (χ1n) is 4.08. The van der Waals surface area contributed by atoms with E-state index in [1.165, 1.54) is 0 Å². The van der Waals surface area contributed by atoms with Gasteiger partial charge in [0.25, 0.3) is 0 Å². The van der Waals surface area contributed by atoms with Gasteiger partial charge in [0.2, 0.25) is 0 Å². The van der Waals surface area contributed by atoms with Crippen LogP contribution in [0.1, 0.15) is 24.0 Å². The van der Waals surface area contributed by atoms with Gasteiger partial charge in [-0.3, -0.25) is 0 Å². The maximum atomic E-state index is 8.71. The van der Waals surface area contributed by atoms with Crippen molar-refractivity contribution in [2.45, 2.75) is 12.8 Å². The Bertz CT molecular complexity index is 341. The molecule has 1 atom stereocenters. The predicted molar refractivity (Wildman–Crippen MR) is 56.3 cm³/mol. The smallest absolute Gasteiger partial charge is 0.0991 e. The number of halogens is 1. The lowest BCUT2D eigenvalue weighted by atomic mass is 10.00. The van der Waals surface area contributed by atoms with Crippen LogP contribution < -0.4 is 5.73 Å². The molecular weight excluding hydrogens is 228 g/mol. The Kier molecular flexibility index (Phi) is 3.47. The molecule has 0 heterocycles. The zero-order chi connectivity index (χ0) is 9.84. The molecule has 0 amide bonds. The van der Waals surface area contributed by atoms with E-state index in [4.69, 9.17) is 11.0 Å². The van der Waals surface area contributed by atoms with Crippen LogP contribution >= 0.6 is 15.9 Å². The summed E-state index contributed by atoms with van der Waals surface area (Å²) in [5.74, 6) is 0.280. The molecule has 0 saturated heterocycles. The second-order valence-corrected chi connectivity index (χ2v) is 3.84. The van der Waals surface area contributed by atoms with Crippen molar-refractivity contribution in [2.75, 3.05) is 6.54 Å². The maximum absolute atomic E-state index is 8.71. The first kappa shape index (κ1) is 10.2. The molecule has 1 aromatic rings. The number of benzene rings is 1. The van der Waals surface area contributed by atoms with E-state index in [0.717, 1.165) is 10.0 Å². The third-order valence-corrected chi connectivity index (χ3v) is 2.73. The summed E-state index contributed by atoms with van der Waals surface area (Å²) in [7, 11) is 0. The number of nitriles is 1. The van der Waals surface area contributed by atoms with Gasteiger partial charge in [-0.15, -0.1) is 0 Å². The number of rotatable bonds is 2. The Hall–Kier alpha value is -0.850. The SMILES string of the molecule is CC(CN)c1cc(C#N)ccc1Br. The molecule has 0 radical (unpaired) electrons. The van der Waals surface area contributed by atoms with Crippen molar-refractivity contribution in [2.24, 2.45) is 5.73 Å². The van der Waals surface area contributed by atoms with Crippen LogP contribution in [-0.4, -0.2) is 6.54 Å². The van der Waals surface area contributed by atoms with Crippen molar-refractivity contribution in [3.05, 3.63) is 33.8 Å². The van der Waals surface area contributed by atoms with Crippen molar-refractivity contribution in [1.29, 1.82) is 5.26 Å². The van der Waals surface area contributed by atoms with Crippen molar-refractivity contribution >= 4 is 15.9 Å². The largest absolute Gasteiger partial charge is 0.330 e. The second kappa shape index (κ2) is 4.40. The number of nitrogens with zero attached hydrogens (tertiary/aromatic N) is 1. The minimum Gasteiger partial charge on any atom is -0.330 e. The zero-order valence-corrected chi connectivity index (χ0v) is 9.01. The first-order chi connectivity index (χ1) is 6.19. The van der Waals surface area contributed by atoms with Crippen LogP contribution in [0.4, 0.5) is 0 Å². The van der Waals surface area contributed by atoms with Crippen LogP contribution in [-0.2, 0) is 0 Å². The van der Waals surface area contributed by atoms with Crippen LogP contribution in [0.3, 0.4) is 0 Å². The number of nitrogens with two attached hydrogens (primary N) is 1. The van der Waals surface area contributed by atoms with E-state index in [-0.39, 0.29) is 5.92 Å². The van der Waals surface area contributed by atoms with Crippen molar-refractivity contribution in [3.8, 4) is 6.07 Å². The standard InChI is InChI=1S/C10H11BrN2/c1-7(5-12)9-4-8(6-13)2-3-10(9)11/h2-4,7H,5,12H2,1H3. The van der Waals surface area contributed by atoms with Crippen LogP contribution in [0, 0.1) is 11.3 Å². The molecule has 0 spiro atoms. The zero-order valence-electron chi connectivity index (χ0n) is 7.42. The summed E-state index contributed by atoms with van der Waals surface area (Å²) in [6, 6.07) is 7.67. The number of hydrogen-bond acceptors (Lipinski definition) is 2. The average molecular weight is 239 g/mol. The molecular formula is C10H11BrN2. The lowest BCUT2D eigenvalue weighted by molar-refractivity contribution is 0.770. The fourth-order valence-electron chi connectivity index (χ4n) is 1.12. The van der Waals surface area contributed by atoms with Crippen molar-refractivity contribution < 1.29 is 0 Å². The molecule has 0 aliphatic heterocycles. The Balaban J connectivity index is 3.12. The third-order valence-electron chi connectivity index (χ3n) is 2.01. The minimum absolute atomic E-state index is 0.280. The van der Waals surface area contributed by atoms with Gasteiger partial charge < -0.3 is 5.73 Å². The molecule has 1 rings (SSSR count). The summed E-state index contributed by atoms with van der Waals surface area (Å²) >= 11 is 3.44. The average Bonchev–Trinajstić information content (AvgIpc) is 2.17. The van der Waals surface area contributed by atoms with Crippen LogP contribution in [0.25, 0.3) is 0 Å². The molecule has 0 aliphatic rings. The van der Waals surface area contributed by atoms with Crippen LogP contribution in [0.5, 0.6) is 0 Å². The van der Waals surface area contributed by atoms with Gasteiger partial charge in [0.05, 0.1) is 11.6 Å². The van der Waals surface area contributed by atoms with Crippen molar-refractivity contribution in [3.63, 3.8) is 0 Å². The van der Waals surface area contributed by atoms with Crippen molar-refractivity contribution in [1.82, 2.24) is 0 Å². The van der Waals surface area contributed by atoms with Gasteiger partial charge in [0.1, 0.15) is 0 Å². The molecule has 1 aromatic carbocycles. The molecule has 0 fully saturated rings. The maximum Gasteiger partial charge on any atom is 0.0991 e. The Morgan fingerprint density at radius 3 is 2.85 bits per heavy atom. The van der Waals surface area contributed by atoms with E-state index < -0.39 is 0 Å². The molecule has 3 heteroatoms. The van der Waals surface area contributed by atoms with Gasteiger partial charge in [-0.2, -0.15) is 5.26 Å². The summed E-state index contributed by atoms with van der Waals surface area (Å²) < 4.78 is 1.02. The first-order valence-corrected chi connectivity index (χ1v) is 4.88.